The van der Waals surface area contributed by atoms with Crippen molar-refractivity contribution in [2.24, 2.45) is 0 Å². The Morgan fingerprint density at radius 1 is 1.53 bits per heavy atom. The number of hydrogen-bond acceptors (Lipinski definition) is 3. The van der Waals surface area contributed by atoms with Crippen LogP contribution in [0, 0.1) is 0 Å². The molecule has 0 unspecified atom stereocenters. The summed E-state index contributed by atoms with van der Waals surface area (Å²) in [4.78, 5) is 15.3. The molecule has 0 spiro atoms. The molecule has 78 valence electrons. The van der Waals surface area contributed by atoms with E-state index in [0.29, 0.717) is 17.1 Å². The lowest BCUT2D eigenvalue weighted by Crippen LogP contribution is -1.90. The van der Waals surface area contributed by atoms with Crippen LogP contribution in [0.25, 0.3) is 5.65 Å². The Bertz CT molecular complexity index is 533. The zero-order valence-electron chi connectivity index (χ0n) is 8.32. The van der Waals surface area contributed by atoms with Gasteiger partial charge in [0.05, 0.1) is 11.6 Å². The first-order valence-electron chi connectivity index (χ1n) is 4.35. The average molecular weight is 269 g/mol. The third-order valence-corrected chi connectivity index (χ3v) is 2.69. The summed E-state index contributed by atoms with van der Waals surface area (Å²) in [6, 6.07) is 1.77. The van der Waals surface area contributed by atoms with Gasteiger partial charge in [0.15, 0.2) is 5.78 Å². The number of rotatable bonds is 2. The first-order chi connectivity index (χ1) is 7.11. The van der Waals surface area contributed by atoms with E-state index in [-0.39, 0.29) is 5.78 Å². The summed E-state index contributed by atoms with van der Waals surface area (Å²) in [5.74, 6) is 0.650. The second-order valence-corrected chi connectivity index (χ2v) is 3.99. The number of methoxy groups -OCH3 is 1. The van der Waals surface area contributed by atoms with Gasteiger partial charge in [0.1, 0.15) is 17.1 Å². The van der Waals surface area contributed by atoms with Gasteiger partial charge >= 0.3 is 0 Å². The Balaban J connectivity index is 2.66. The predicted molar refractivity (Wildman–Crippen MR) is 59.4 cm³/mol. The summed E-state index contributed by atoms with van der Waals surface area (Å²) >= 11 is 3.37. The number of fused-ring (bicyclic) bond motifs is 1. The number of pyridine rings is 1. The molecule has 0 radical (unpaired) electrons. The van der Waals surface area contributed by atoms with Gasteiger partial charge in [0.25, 0.3) is 0 Å². The minimum atomic E-state index is -0.0474. The van der Waals surface area contributed by atoms with Crippen molar-refractivity contribution in [1.82, 2.24) is 9.38 Å². The average Bonchev–Trinajstić information content (AvgIpc) is 2.59. The highest BCUT2D eigenvalue weighted by atomic mass is 79.9. The van der Waals surface area contributed by atoms with Crippen molar-refractivity contribution in [3.05, 3.63) is 28.6 Å². The van der Waals surface area contributed by atoms with Crippen molar-refractivity contribution in [3.63, 3.8) is 0 Å². The number of carbonyl (C=O) groups is 1. The lowest BCUT2D eigenvalue weighted by molar-refractivity contribution is 0.101. The molecule has 0 aliphatic heterocycles. The number of Topliss-reactive ketones (excluding diaryl/α,β-unsaturated/α-hetero) is 1. The van der Waals surface area contributed by atoms with Crippen LogP contribution in [0.15, 0.2) is 22.9 Å². The number of aromatic nitrogens is 2. The second-order valence-electron chi connectivity index (χ2n) is 3.14. The third-order valence-electron chi connectivity index (χ3n) is 2.09. The Labute approximate surface area is 95.0 Å². The van der Waals surface area contributed by atoms with E-state index in [0.717, 1.165) is 4.47 Å². The molecule has 2 aromatic heterocycles. The maximum atomic E-state index is 11.1. The molecule has 0 N–H and O–H groups in total. The lowest BCUT2D eigenvalue weighted by Gasteiger charge is -2.02. The molecule has 0 fully saturated rings. The fourth-order valence-electron chi connectivity index (χ4n) is 1.32. The number of ketones is 1. The highest BCUT2D eigenvalue weighted by Gasteiger charge is 2.08. The molecule has 0 saturated heterocycles. The Kier molecular flexibility index (Phi) is 2.48. The van der Waals surface area contributed by atoms with Gasteiger partial charge in [-0.1, -0.05) is 0 Å². The zero-order valence-corrected chi connectivity index (χ0v) is 9.91. The standard InChI is InChI=1S/C10H9BrN2O2/c1-6(14)8-5-13-4-7(11)9(15-2)3-10(13)12-8/h3-5H,1-2H3. The summed E-state index contributed by atoms with van der Waals surface area (Å²) in [5.41, 5.74) is 1.15. The predicted octanol–water partition coefficient (Wildman–Crippen LogP) is 2.31. The fourth-order valence-corrected chi connectivity index (χ4v) is 1.81. The third kappa shape index (κ3) is 1.74. The molecule has 0 bridgehead atoms. The summed E-state index contributed by atoms with van der Waals surface area (Å²) in [7, 11) is 1.59. The van der Waals surface area contributed by atoms with Gasteiger partial charge in [0, 0.05) is 25.4 Å². The molecule has 0 aromatic carbocycles. The van der Waals surface area contributed by atoms with Gasteiger partial charge in [-0.05, 0) is 15.9 Å². The molecule has 2 heterocycles. The van der Waals surface area contributed by atoms with Crippen LogP contribution in [0.1, 0.15) is 17.4 Å². The van der Waals surface area contributed by atoms with Gasteiger partial charge in [-0.2, -0.15) is 0 Å². The Hall–Kier alpha value is -1.36. The van der Waals surface area contributed by atoms with Crippen LogP contribution in [0.3, 0.4) is 0 Å². The molecule has 5 heteroatoms. The number of halogens is 1. The summed E-state index contributed by atoms with van der Waals surface area (Å²) in [5, 5.41) is 0. The van der Waals surface area contributed by atoms with Crippen molar-refractivity contribution in [2.45, 2.75) is 6.92 Å². The summed E-state index contributed by atoms with van der Waals surface area (Å²) in [6.45, 7) is 1.49. The van der Waals surface area contributed by atoms with E-state index >= 15 is 0 Å². The minimum Gasteiger partial charge on any atom is -0.495 e. The molecule has 0 atom stereocenters. The van der Waals surface area contributed by atoms with E-state index in [4.69, 9.17) is 4.74 Å². The number of carbonyl (C=O) groups excluding carboxylic acids is 1. The van der Waals surface area contributed by atoms with E-state index in [1.807, 2.05) is 6.20 Å². The number of hydrogen-bond donors (Lipinski definition) is 0. The second kappa shape index (κ2) is 3.66. The van der Waals surface area contributed by atoms with E-state index in [9.17, 15) is 4.79 Å². The number of nitrogens with zero attached hydrogens (tertiary/aromatic N) is 2. The van der Waals surface area contributed by atoms with Crippen molar-refractivity contribution in [3.8, 4) is 5.75 Å². The van der Waals surface area contributed by atoms with Crippen LogP contribution in [0.4, 0.5) is 0 Å². The number of ether oxygens (including phenoxy) is 1. The molecule has 4 nitrogen and oxygen atoms in total. The van der Waals surface area contributed by atoms with Crippen LogP contribution < -0.4 is 4.74 Å². The highest BCUT2D eigenvalue weighted by molar-refractivity contribution is 9.10. The maximum absolute atomic E-state index is 11.1. The topological polar surface area (TPSA) is 43.6 Å². The van der Waals surface area contributed by atoms with Crippen molar-refractivity contribution >= 4 is 27.4 Å². The molecular formula is C10H9BrN2O2. The molecule has 15 heavy (non-hydrogen) atoms. The van der Waals surface area contributed by atoms with Crippen LogP contribution in [0.2, 0.25) is 0 Å². The maximum Gasteiger partial charge on any atom is 0.179 e. The molecule has 0 aliphatic carbocycles. The van der Waals surface area contributed by atoms with Crippen LogP contribution >= 0.6 is 15.9 Å². The largest absolute Gasteiger partial charge is 0.495 e. The SMILES string of the molecule is COc1cc2nc(C(C)=O)cn2cc1Br. The minimum absolute atomic E-state index is 0.0474. The molecular weight excluding hydrogens is 260 g/mol. The van der Waals surface area contributed by atoms with Crippen LogP contribution in [-0.2, 0) is 0 Å². The van der Waals surface area contributed by atoms with E-state index in [1.165, 1.54) is 6.92 Å². The molecule has 2 rings (SSSR count). The van der Waals surface area contributed by atoms with Gasteiger partial charge in [0.2, 0.25) is 0 Å². The quantitative estimate of drug-likeness (QED) is 0.786. The monoisotopic (exact) mass is 268 g/mol. The fraction of sp³-hybridized carbons (Fsp3) is 0.200. The number of imidazole rings is 1. The van der Waals surface area contributed by atoms with Crippen LogP contribution in [0.5, 0.6) is 5.75 Å². The van der Waals surface area contributed by atoms with Gasteiger partial charge in [-0.15, -0.1) is 0 Å². The summed E-state index contributed by atoms with van der Waals surface area (Å²) in [6.07, 6.45) is 3.51. The van der Waals surface area contributed by atoms with Gasteiger partial charge in [-0.3, -0.25) is 4.79 Å². The molecule has 2 aromatic rings. The van der Waals surface area contributed by atoms with Crippen molar-refractivity contribution in [1.29, 1.82) is 0 Å². The van der Waals surface area contributed by atoms with Crippen molar-refractivity contribution in [2.75, 3.05) is 7.11 Å². The van der Waals surface area contributed by atoms with Gasteiger partial charge < -0.3 is 9.14 Å². The van der Waals surface area contributed by atoms with Crippen molar-refractivity contribution < 1.29 is 9.53 Å². The first-order valence-corrected chi connectivity index (χ1v) is 5.14. The van der Waals surface area contributed by atoms with Crippen LogP contribution in [-0.4, -0.2) is 22.3 Å². The van der Waals surface area contributed by atoms with E-state index < -0.39 is 0 Å². The zero-order chi connectivity index (χ0) is 11.0. The van der Waals surface area contributed by atoms with E-state index in [2.05, 4.69) is 20.9 Å². The Morgan fingerprint density at radius 2 is 2.27 bits per heavy atom. The molecule has 0 amide bonds. The van der Waals surface area contributed by atoms with E-state index in [1.54, 1.807) is 23.8 Å². The Morgan fingerprint density at radius 3 is 2.87 bits per heavy atom. The first kappa shape index (κ1) is 10.2. The smallest absolute Gasteiger partial charge is 0.179 e. The summed E-state index contributed by atoms with van der Waals surface area (Å²) < 4.78 is 7.74. The highest BCUT2D eigenvalue weighted by Crippen LogP contribution is 2.25. The molecule has 0 saturated carbocycles. The lowest BCUT2D eigenvalue weighted by atomic mass is 10.3. The molecule has 0 aliphatic rings. The van der Waals surface area contributed by atoms with Gasteiger partial charge in [-0.25, -0.2) is 4.98 Å². The normalized spacial score (nSPS) is 10.6.